The molecule has 2 rings (SSSR count). The molecule has 1 saturated heterocycles. The molecular formula is C17H28N2O2. The molecular weight excluding hydrogens is 264 g/mol. The van der Waals surface area contributed by atoms with Gasteiger partial charge in [0.25, 0.3) is 5.91 Å². The molecule has 4 heteroatoms. The number of furan rings is 1. The first kappa shape index (κ1) is 16.1. The molecule has 1 aliphatic heterocycles. The number of hydrogen-bond acceptors (Lipinski definition) is 3. The maximum atomic E-state index is 12.8. The second-order valence-corrected chi connectivity index (χ2v) is 6.29. The molecule has 1 fully saturated rings. The molecule has 1 N–H and O–H groups in total. The van der Waals surface area contributed by atoms with Gasteiger partial charge in [-0.2, -0.15) is 0 Å². The molecule has 2 atom stereocenters. The number of carbonyl (C=O) groups is 1. The van der Waals surface area contributed by atoms with Crippen molar-refractivity contribution >= 4 is 5.91 Å². The molecule has 1 amide bonds. The minimum atomic E-state index is 0.127. The lowest BCUT2D eigenvalue weighted by Gasteiger charge is -2.37. The molecule has 0 aromatic carbocycles. The Morgan fingerprint density at radius 2 is 2.05 bits per heavy atom. The van der Waals surface area contributed by atoms with Crippen molar-refractivity contribution in [2.75, 3.05) is 19.6 Å². The summed E-state index contributed by atoms with van der Waals surface area (Å²) in [4.78, 5) is 14.8. The SMILES string of the molecule is CCCNC1CCN(C(=O)c2c(C)oc(C)c2C)CC1C. The first-order chi connectivity index (χ1) is 9.95. The van der Waals surface area contributed by atoms with Crippen LogP contribution in [0.2, 0.25) is 0 Å². The molecule has 1 aliphatic rings. The van der Waals surface area contributed by atoms with E-state index in [1.807, 2.05) is 25.7 Å². The lowest BCUT2D eigenvalue weighted by Crippen LogP contribution is -2.50. The van der Waals surface area contributed by atoms with Gasteiger partial charge in [-0.3, -0.25) is 4.79 Å². The lowest BCUT2D eigenvalue weighted by molar-refractivity contribution is 0.0643. The van der Waals surface area contributed by atoms with Gasteiger partial charge >= 0.3 is 0 Å². The fourth-order valence-electron chi connectivity index (χ4n) is 3.23. The van der Waals surface area contributed by atoms with E-state index in [2.05, 4.69) is 19.2 Å². The third kappa shape index (κ3) is 3.31. The van der Waals surface area contributed by atoms with E-state index in [4.69, 9.17) is 4.42 Å². The topological polar surface area (TPSA) is 45.5 Å². The zero-order chi connectivity index (χ0) is 15.6. The van der Waals surface area contributed by atoms with Crippen molar-refractivity contribution < 1.29 is 9.21 Å². The van der Waals surface area contributed by atoms with Crippen molar-refractivity contribution in [1.82, 2.24) is 10.2 Å². The van der Waals surface area contributed by atoms with Crippen LogP contribution in [0.4, 0.5) is 0 Å². The second kappa shape index (κ2) is 6.65. The van der Waals surface area contributed by atoms with Crippen molar-refractivity contribution in [3.8, 4) is 0 Å². The molecule has 0 saturated carbocycles. The Balaban J connectivity index is 2.05. The van der Waals surface area contributed by atoms with Gasteiger partial charge in [0.1, 0.15) is 11.5 Å². The largest absolute Gasteiger partial charge is 0.466 e. The highest BCUT2D eigenvalue weighted by atomic mass is 16.3. The Kier molecular flexibility index (Phi) is 5.09. The number of piperidine rings is 1. The maximum absolute atomic E-state index is 12.8. The van der Waals surface area contributed by atoms with Crippen LogP contribution in [0.1, 0.15) is 54.1 Å². The van der Waals surface area contributed by atoms with E-state index in [1.54, 1.807) is 0 Å². The zero-order valence-corrected chi connectivity index (χ0v) is 14.0. The van der Waals surface area contributed by atoms with Crippen molar-refractivity contribution in [1.29, 1.82) is 0 Å². The highest BCUT2D eigenvalue weighted by molar-refractivity contribution is 5.97. The Morgan fingerprint density at radius 3 is 2.57 bits per heavy atom. The molecule has 0 spiro atoms. The Morgan fingerprint density at radius 1 is 1.33 bits per heavy atom. The summed E-state index contributed by atoms with van der Waals surface area (Å²) in [6, 6.07) is 0.530. The summed E-state index contributed by atoms with van der Waals surface area (Å²) >= 11 is 0. The van der Waals surface area contributed by atoms with E-state index in [0.717, 1.165) is 55.1 Å². The van der Waals surface area contributed by atoms with Crippen LogP contribution in [0.25, 0.3) is 0 Å². The van der Waals surface area contributed by atoms with E-state index < -0.39 is 0 Å². The smallest absolute Gasteiger partial charge is 0.257 e. The minimum absolute atomic E-state index is 0.127. The summed E-state index contributed by atoms with van der Waals surface area (Å²) in [6.07, 6.45) is 2.18. The van der Waals surface area contributed by atoms with E-state index >= 15 is 0 Å². The Hall–Kier alpha value is -1.29. The van der Waals surface area contributed by atoms with Gasteiger partial charge in [-0.25, -0.2) is 0 Å². The van der Waals surface area contributed by atoms with Gasteiger partial charge in [-0.15, -0.1) is 0 Å². The maximum Gasteiger partial charge on any atom is 0.257 e. The number of nitrogens with zero attached hydrogens (tertiary/aromatic N) is 1. The number of rotatable bonds is 4. The van der Waals surface area contributed by atoms with Crippen molar-refractivity contribution in [3.05, 3.63) is 22.6 Å². The molecule has 0 aliphatic carbocycles. The summed E-state index contributed by atoms with van der Waals surface area (Å²) in [6.45, 7) is 12.9. The number of likely N-dealkylation sites (tertiary alicyclic amines) is 1. The van der Waals surface area contributed by atoms with Crippen LogP contribution in [0.15, 0.2) is 4.42 Å². The molecule has 1 aromatic rings. The van der Waals surface area contributed by atoms with Crippen LogP contribution >= 0.6 is 0 Å². The Labute approximate surface area is 127 Å². The number of hydrogen-bond donors (Lipinski definition) is 1. The molecule has 21 heavy (non-hydrogen) atoms. The van der Waals surface area contributed by atoms with Gasteiger partial charge in [0, 0.05) is 24.7 Å². The molecule has 4 nitrogen and oxygen atoms in total. The average molecular weight is 292 g/mol. The summed E-state index contributed by atoms with van der Waals surface area (Å²) in [5.41, 5.74) is 1.75. The molecule has 0 radical (unpaired) electrons. The molecule has 1 aromatic heterocycles. The van der Waals surface area contributed by atoms with E-state index in [9.17, 15) is 4.79 Å². The normalized spacial score (nSPS) is 22.6. The Bertz CT molecular complexity index is 507. The molecule has 0 bridgehead atoms. The highest BCUT2D eigenvalue weighted by Gasteiger charge is 2.31. The average Bonchev–Trinajstić information content (AvgIpc) is 2.70. The van der Waals surface area contributed by atoms with Gasteiger partial charge in [0.2, 0.25) is 0 Å². The van der Waals surface area contributed by atoms with Gasteiger partial charge in [0.05, 0.1) is 5.56 Å². The predicted molar refractivity (Wildman–Crippen MR) is 84.7 cm³/mol. The van der Waals surface area contributed by atoms with Crippen LogP contribution in [-0.2, 0) is 0 Å². The number of nitrogens with one attached hydrogen (secondary N) is 1. The minimum Gasteiger partial charge on any atom is -0.466 e. The summed E-state index contributed by atoms with van der Waals surface area (Å²) in [5, 5.41) is 3.59. The molecule has 2 unspecified atom stereocenters. The standard InChI is InChI=1S/C17H28N2O2/c1-6-8-18-15-7-9-19(10-11(15)2)17(20)16-12(3)13(4)21-14(16)5/h11,15,18H,6-10H2,1-5H3. The van der Waals surface area contributed by atoms with E-state index in [1.165, 1.54) is 0 Å². The first-order valence-electron chi connectivity index (χ1n) is 8.04. The fourth-order valence-corrected chi connectivity index (χ4v) is 3.23. The van der Waals surface area contributed by atoms with Gasteiger partial charge < -0.3 is 14.6 Å². The van der Waals surface area contributed by atoms with E-state index in [0.29, 0.717) is 12.0 Å². The summed E-state index contributed by atoms with van der Waals surface area (Å²) in [5.74, 6) is 2.21. The first-order valence-corrected chi connectivity index (χ1v) is 8.04. The number of amides is 1. The monoisotopic (exact) mass is 292 g/mol. The van der Waals surface area contributed by atoms with Gasteiger partial charge in [-0.1, -0.05) is 13.8 Å². The van der Waals surface area contributed by atoms with Gasteiger partial charge in [0.15, 0.2) is 0 Å². The highest BCUT2D eigenvalue weighted by Crippen LogP contribution is 2.25. The second-order valence-electron chi connectivity index (χ2n) is 6.29. The van der Waals surface area contributed by atoms with Crippen molar-refractivity contribution in [2.24, 2.45) is 5.92 Å². The zero-order valence-electron chi connectivity index (χ0n) is 14.0. The fraction of sp³-hybridized carbons (Fsp3) is 0.706. The third-order valence-corrected chi connectivity index (χ3v) is 4.62. The number of aryl methyl sites for hydroxylation is 2. The summed E-state index contributed by atoms with van der Waals surface area (Å²) < 4.78 is 5.60. The van der Waals surface area contributed by atoms with Crippen LogP contribution in [0, 0.1) is 26.7 Å². The van der Waals surface area contributed by atoms with E-state index in [-0.39, 0.29) is 5.91 Å². The van der Waals surface area contributed by atoms with Crippen LogP contribution < -0.4 is 5.32 Å². The van der Waals surface area contributed by atoms with Crippen molar-refractivity contribution in [2.45, 2.75) is 53.5 Å². The molecule has 118 valence electrons. The number of carbonyl (C=O) groups excluding carboxylic acids is 1. The molecule has 2 heterocycles. The van der Waals surface area contributed by atoms with Crippen LogP contribution in [0.3, 0.4) is 0 Å². The van der Waals surface area contributed by atoms with Crippen LogP contribution in [-0.4, -0.2) is 36.5 Å². The van der Waals surface area contributed by atoms with Crippen LogP contribution in [0.5, 0.6) is 0 Å². The lowest BCUT2D eigenvalue weighted by atomic mass is 9.93. The van der Waals surface area contributed by atoms with Crippen molar-refractivity contribution in [3.63, 3.8) is 0 Å². The summed E-state index contributed by atoms with van der Waals surface area (Å²) in [7, 11) is 0. The third-order valence-electron chi connectivity index (χ3n) is 4.62. The van der Waals surface area contributed by atoms with Gasteiger partial charge in [-0.05, 0) is 46.1 Å². The predicted octanol–water partition coefficient (Wildman–Crippen LogP) is 3.06. The quantitative estimate of drug-likeness (QED) is 0.927.